The van der Waals surface area contributed by atoms with Crippen LogP contribution in [0.15, 0.2) is 24.5 Å². The summed E-state index contributed by atoms with van der Waals surface area (Å²) in [4.78, 5) is 4.36. The predicted octanol–water partition coefficient (Wildman–Crippen LogP) is 3.39. The molecule has 0 fully saturated rings. The Kier molecular flexibility index (Phi) is 3.20. The van der Waals surface area contributed by atoms with Gasteiger partial charge in [0.25, 0.3) is 0 Å². The van der Waals surface area contributed by atoms with Crippen molar-refractivity contribution in [3.63, 3.8) is 0 Å². The Morgan fingerprint density at radius 3 is 2.67 bits per heavy atom. The van der Waals surface area contributed by atoms with Crippen LogP contribution in [-0.2, 0) is 7.05 Å². The van der Waals surface area contributed by atoms with E-state index >= 15 is 0 Å². The van der Waals surface area contributed by atoms with Crippen molar-refractivity contribution in [1.82, 2.24) is 9.55 Å². The third-order valence-corrected chi connectivity index (χ3v) is 3.23. The number of hydrogen-bond donors (Lipinski definition) is 0. The third kappa shape index (κ3) is 2.02. The van der Waals surface area contributed by atoms with Crippen molar-refractivity contribution in [2.75, 3.05) is 0 Å². The molecule has 92 valence electrons. The van der Waals surface area contributed by atoms with Crippen LogP contribution in [0.2, 0.25) is 0 Å². The van der Waals surface area contributed by atoms with E-state index in [0.717, 1.165) is 16.8 Å². The van der Waals surface area contributed by atoms with Gasteiger partial charge in [-0.3, -0.25) is 0 Å². The standard InChI is InChI=1S/C15H17N3/c1-10(2)12-6-5-11(3)13(7-12)15-14(8-16)18(4)9-17-15/h5-7,9-10H,1-4H3. The van der Waals surface area contributed by atoms with E-state index in [1.807, 2.05) is 7.05 Å². The lowest BCUT2D eigenvalue weighted by Crippen LogP contribution is -1.94. The maximum absolute atomic E-state index is 9.21. The fourth-order valence-corrected chi connectivity index (χ4v) is 2.01. The zero-order chi connectivity index (χ0) is 13.3. The molecule has 0 aliphatic rings. The fraction of sp³-hybridized carbons (Fsp3) is 0.333. The van der Waals surface area contributed by atoms with Gasteiger partial charge in [-0.05, 0) is 30.0 Å². The number of rotatable bonds is 2. The van der Waals surface area contributed by atoms with Crippen LogP contribution in [0.4, 0.5) is 0 Å². The molecule has 0 radical (unpaired) electrons. The molecule has 0 saturated heterocycles. The van der Waals surface area contributed by atoms with Crippen LogP contribution in [0.1, 0.15) is 36.6 Å². The average Bonchev–Trinajstić information content (AvgIpc) is 2.70. The number of aromatic nitrogens is 2. The molecular formula is C15H17N3. The summed E-state index contributed by atoms with van der Waals surface area (Å²) >= 11 is 0. The summed E-state index contributed by atoms with van der Waals surface area (Å²) in [7, 11) is 1.84. The largest absolute Gasteiger partial charge is 0.325 e. The maximum Gasteiger partial charge on any atom is 0.147 e. The summed E-state index contributed by atoms with van der Waals surface area (Å²) in [6.07, 6.45) is 1.69. The van der Waals surface area contributed by atoms with Crippen molar-refractivity contribution in [2.24, 2.45) is 7.05 Å². The zero-order valence-electron chi connectivity index (χ0n) is 11.2. The number of hydrogen-bond acceptors (Lipinski definition) is 2. The molecule has 0 aliphatic carbocycles. The minimum absolute atomic E-state index is 0.471. The van der Waals surface area contributed by atoms with Crippen LogP contribution in [0.25, 0.3) is 11.3 Å². The molecule has 2 rings (SSSR count). The summed E-state index contributed by atoms with van der Waals surface area (Å²) in [6, 6.07) is 8.60. The normalized spacial score (nSPS) is 10.7. The molecule has 3 nitrogen and oxygen atoms in total. The number of imidazole rings is 1. The average molecular weight is 239 g/mol. The van der Waals surface area contributed by atoms with E-state index in [2.05, 4.69) is 50.0 Å². The van der Waals surface area contributed by atoms with Gasteiger partial charge in [0.15, 0.2) is 0 Å². The first kappa shape index (κ1) is 12.4. The Balaban J connectivity index is 2.63. The van der Waals surface area contributed by atoms with Gasteiger partial charge < -0.3 is 4.57 Å². The molecule has 1 aromatic carbocycles. The van der Waals surface area contributed by atoms with E-state index in [9.17, 15) is 5.26 Å². The second-order valence-electron chi connectivity index (χ2n) is 4.89. The zero-order valence-corrected chi connectivity index (χ0v) is 11.2. The first-order valence-electron chi connectivity index (χ1n) is 6.07. The van der Waals surface area contributed by atoms with Crippen molar-refractivity contribution < 1.29 is 0 Å². The van der Waals surface area contributed by atoms with Gasteiger partial charge in [0.2, 0.25) is 0 Å². The van der Waals surface area contributed by atoms with Gasteiger partial charge in [-0.15, -0.1) is 0 Å². The molecule has 2 aromatic rings. The van der Waals surface area contributed by atoms with Crippen molar-refractivity contribution in [2.45, 2.75) is 26.7 Å². The molecule has 18 heavy (non-hydrogen) atoms. The maximum atomic E-state index is 9.21. The van der Waals surface area contributed by atoms with E-state index in [1.54, 1.807) is 10.9 Å². The van der Waals surface area contributed by atoms with Crippen molar-refractivity contribution in [1.29, 1.82) is 5.26 Å². The van der Waals surface area contributed by atoms with E-state index in [0.29, 0.717) is 11.6 Å². The SMILES string of the molecule is Cc1ccc(C(C)C)cc1-c1ncn(C)c1C#N. The van der Waals surface area contributed by atoms with Gasteiger partial charge in [0.1, 0.15) is 17.5 Å². The molecule has 1 heterocycles. The molecule has 0 unspecified atom stereocenters. The van der Waals surface area contributed by atoms with Gasteiger partial charge in [-0.1, -0.05) is 26.0 Å². The van der Waals surface area contributed by atoms with Crippen LogP contribution in [0.3, 0.4) is 0 Å². The summed E-state index contributed by atoms with van der Waals surface area (Å²) in [6.45, 7) is 6.38. The molecule has 0 aliphatic heterocycles. The van der Waals surface area contributed by atoms with Crippen molar-refractivity contribution in [3.8, 4) is 17.3 Å². The molecule has 0 N–H and O–H groups in total. The molecular weight excluding hydrogens is 222 g/mol. The minimum atomic E-state index is 0.471. The highest BCUT2D eigenvalue weighted by atomic mass is 15.0. The van der Waals surface area contributed by atoms with E-state index in [4.69, 9.17) is 0 Å². The molecule has 3 heteroatoms. The van der Waals surface area contributed by atoms with Crippen molar-refractivity contribution in [3.05, 3.63) is 41.3 Å². The predicted molar refractivity (Wildman–Crippen MR) is 72.2 cm³/mol. The molecule has 0 atom stereocenters. The smallest absolute Gasteiger partial charge is 0.147 e. The second kappa shape index (κ2) is 4.66. The van der Waals surface area contributed by atoms with Gasteiger partial charge in [0.05, 0.1) is 6.33 Å². The quantitative estimate of drug-likeness (QED) is 0.806. The van der Waals surface area contributed by atoms with Crippen LogP contribution in [0.5, 0.6) is 0 Å². The summed E-state index contributed by atoms with van der Waals surface area (Å²) in [5.74, 6) is 0.471. The Labute approximate surface area is 108 Å². The topological polar surface area (TPSA) is 41.6 Å². The molecule has 0 spiro atoms. The first-order chi connectivity index (χ1) is 8.54. The lowest BCUT2D eigenvalue weighted by atomic mass is 9.96. The van der Waals surface area contributed by atoms with Crippen LogP contribution in [-0.4, -0.2) is 9.55 Å². The third-order valence-electron chi connectivity index (χ3n) is 3.23. The highest BCUT2D eigenvalue weighted by molar-refractivity contribution is 5.69. The van der Waals surface area contributed by atoms with Crippen molar-refractivity contribution >= 4 is 0 Å². The van der Waals surface area contributed by atoms with Crippen LogP contribution >= 0.6 is 0 Å². The Morgan fingerprint density at radius 1 is 1.33 bits per heavy atom. The second-order valence-corrected chi connectivity index (χ2v) is 4.89. The van der Waals surface area contributed by atoms with E-state index in [1.165, 1.54) is 5.56 Å². The van der Waals surface area contributed by atoms with E-state index in [-0.39, 0.29) is 0 Å². The van der Waals surface area contributed by atoms with Gasteiger partial charge >= 0.3 is 0 Å². The lowest BCUT2D eigenvalue weighted by Gasteiger charge is -2.10. The number of benzene rings is 1. The van der Waals surface area contributed by atoms with Gasteiger partial charge in [-0.2, -0.15) is 5.26 Å². The molecule has 1 aromatic heterocycles. The Hall–Kier alpha value is -2.08. The number of nitrogens with zero attached hydrogens (tertiary/aromatic N) is 3. The van der Waals surface area contributed by atoms with E-state index < -0.39 is 0 Å². The first-order valence-corrected chi connectivity index (χ1v) is 6.07. The summed E-state index contributed by atoms with van der Waals surface area (Å²) in [5.41, 5.74) is 4.86. The monoisotopic (exact) mass is 239 g/mol. The lowest BCUT2D eigenvalue weighted by molar-refractivity contribution is 0.866. The highest BCUT2D eigenvalue weighted by Crippen LogP contribution is 2.28. The minimum Gasteiger partial charge on any atom is -0.325 e. The Morgan fingerprint density at radius 2 is 2.06 bits per heavy atom. The highest BCUT2D eigenvalue weighted by Gasteiger charge is 2.13. The van der Waals surface area contributed by atoms with Crippen LogP contribution in [0, 0.1) is 18.3 Å². The Bertz CT molecular complexity index is 615. The molecule has 0 amide bonds. The molecule has 0 saturated carbocycles. The van der Waals surface area contributed by atoms with Crippen LogP contribution < -0.4 is 0 Å². The fourth-order valence-electron chi connectivity index (χ4n) is 2.01. The van der Waals surface area contributed by atoms with Gasteiger partial charge in [-0.25, -0.2) is 4.98 Å². The number of aryl methyl sites for hydroxylation is 2. The van der Waals surface area contributed by atoms with Gasteiger partial charge in [0, 0.05) is 12.6 Å². The summed E-state index contributed by atoms with van der Waals surface area (Å²) in [5, 5.41) is 9.21. The summed E-state index contributed by atoms with van der Waals surface area (Å²) < 4.78 is 1.76. The molecule has 0 bridgehead atoms. The number of nitriles is 1.